The Balaban J connectivity index is 1.71. The van der Waals surface area contributed by atoms with E-state index in [2.05, 4.69) is 10.1 Å². The Labute approximate surface area is 145 Å². The molecule has 2 rings (SSSR count). The molecule has 0 saturated heterocycles. The maximum absolute atomic E-state index is 12.1. The van der Waals surface area contributed by atoms with E-state index in [1.807, 2.05) is 6.07 Å². The average Bonchev–Trinajstić information content (AvgIpc) is 2.87. The second kappa shape index (κ2) is 9.42. The summed E-state index contributed by atoms with van der Waals surface area (Å²) in [5, 5.41) is 2.61. The van der Waals surface area contributed by atoms with Gasteiger partial charge in [0.05, 0.1) is 7.11 Å². The van der Waals surface area contributed by atoms with Gasteiger partial charge in [0.25, 0.3) is 5.91 Å². The summed E-state index contributed by atoms with van der Waals surface area (Å²) in [6, 6.07) is 1.90. The van der Waals surface area contributed by atoms with Crippen LogP contribution < -0.4 is 5.32 Å². The van der Waals surface area contributed by atoms with Crippen molar-refractivity contribution in [1.82, 2.24) is 5.32 Å². The van der Waals surface area contributed by atoms with E-state index < -0.39 is 5.97 Å². The van der Waals surface area contributed by atoms with E-state index in [0.717, 1.165) is 25.7 Å². The largest absolute Gasteiger partial charge is 0.469 e. The zero-order valence-electron chi connectivity index (χ0n) is 13.9. The van der Waals surface area contributed by atoms with Crippen LogP contribution in [0.15, 0.2) is 6.07 Å². The lowest BCUT2D eigenvalue weighted by Gasteiger charge is -2.05. The molecule has 1 aliphatic rings. The molecule has 1 N–H and O–H groups in total. The number of hydrogen-bond acceptors (Lipinski definition) is 6. The number of esters is 2. The number of thiophene rings is 1. The van der Waals surface area contributed by atoms with Crippen LogP contribution in [0.1, 0.15) is 52.2 Å². The number of nitrogens with one attached hydrogen (secondary N) is 1. The predicted molar refractivity (Wildman–Crippen MR) is 90.1 cm³/mol. The smallest absolute Gasteiger partial charge is 0.348 e. The zero-order chi connectivity index (χ0) is 17.4. The fourth-order valence-electron chi connectivity index (χ4n) is 2.58. The fraction of sp³-hybridized carbons (Fsp3) is 0.588. The van der Waals surface area contributed by atoms with Crippen LogP contribution in [0.25, 0.3) is 0 Å². The minimum absolute atomic E-state index is 0.247. The van der Waals surface area contributed by atoms with Crippen LogP contribution in [0.3, 0.4) is 0 Å². The van der Waals surface area contributed by atoms with Gasteiger partial charge in [-0.15, -0.1) is 11.3 Å². The highest BCUT2D eigenvalue weighted by Gasteiger charge is 2.18. The summed E-state index contributed by atoms with van der Waals surface area (Å²) in [4.78, 5) is 36.5. The lowest BCUT2D eigenvalue weighted by atomic mass is 10.1. The third-order valence-electron chi connectivity index (χ3n) is 3.89. The molecule has 0 spiro atoms. The Hall–Kier alpha value is -1.89. The number of methoxy groups -OCH3 is 1. The van der Waals surface area contributed by atoms with Crippen LogP contribution in [0, 0.1) is 0 Å². The van der Waals surface area contributed by atoms with Crippen molar-refractivity contribution in [2.24, 2.45) is 0 Å². The molecule has 0 atom stereocenters. The van der Waals surface area contributed by atoms with E-state index in [4.69, 9.17) is 4.74 Å². The Kier molecular flexibility index (Phi) is 7.24. The molecule has 0 aromatic carbocycles. The Morgan fingerprint density at radius 1 is 1.21 bits per heavy atom. The van der Waals surface area contributed by atoms with Crippen LogP contribution in [-0.4, -0.2) is 38.1 Å². The second-order valence-corrected chi connectivity index (χ2v) is 6.86. The molecule has 0 fully saturated rings. The molecule has 132 valence electrons. The van der Waals surface area contributed by atoms with Crippen molar-refractivity contribution in [3.8, 4) is 0 Å². The number of amides is 1. The summed E-state index contributed by atoms with van der Waals surface area (Å²) < 4.78 is 9.57. The minimum atomic E-state index is -0.446. The monoisotopic (exact) mass is 353 g/mol. The molecule has 0 aliphatic heterocycles. The molecule has 6 nitrogen and oxygen atoms in total. The number of carbonyl (C=O) groups excluding carboxylic acids is 3. The number of carbonyl (C=O) groups is 3. The van der Waals surface area contributed by atoms with Gasteiger partial charge in [-0.1, -0.05) is 6.42 Å². The van der Waals surface area contributed by atoms with Gasteiger partial charge in [0.1, 0.15) is 4.88 Å². The summed E-state index contributed by atoms with van der Waals surface area (Å²) >= 11 is 1.48. The topological polar surface area (TPSA) is 81.7 Å². The highest BCUT2D eigenvalue weighted by molar-refractivity contribution is 7.14. The molecule has 0 radical (unpaired) electrons. The molecule has 1 heterocycles. The fourth-order valence-corrected chi connectivity index (χ4v) is 3.73. The molecule has 0 bridgehead atoms. The first-order chi connectivity index (χ1) is 11.6. The molecule has 1 amide bonds. The van der Waals surface area contributed by atoms with Gasteiger partial charge < -0.3 is 14.8 Å². The van der Waals surface area contributed by atoms with Crippen molar-refractivity contribution in [3.63, 3.8) is 0 Å². The van der Waals surface area contributed by atoms with Gasteiger partial charge in [-0.25, -0.2) is 4.79 Å². The van der Waals surface area contributed by atoms with Crippen molar-refractivity contribution in [1.29, 1.82) is 0 Å². The number of aryl methyl sites for hydroxylation is 2. The summed E-state index contributed by atoms with van der Waals surface area (Å²) in [6.45, 7) is 0.0401. The van der Waals surface area contributed by atoms with Crippen LogP contribution in [0.2, 0.25) is 0 Å². The number of fused-ring (bicyclic) bond motifs is 1. The molecule has 1 aromatic heterocycles. The van der Waals surface area contributed by atoms with E-state index >= 15 is 0 Å². The van der Waals surface area contributed by atoms with Gasteiger partial charge in [-0.05, 0) is 43.7 Å². The summed E-state index contributed by atoms with van der Waals surface area (Å²) in [7, 11) is 1.32. The van der Waals surface area contributed by atoms with E-state index in [9.17, 15) is 14.4 Å². The van der Waals surface area contributed by atoms with Crippen molar-refractivity contribution in [3.05, 3.63) is 21.4 Å². The molecular weight excluding hydrogens is 330 g/mol. The van der Waals surface area contributed by atoms with E-state index in [0.29, 0.717) is 17.8 Å². The van der Waals surface area contributed by atoms with Crippen LogP contribution in [0.4, 0.5) is 0 Å². The highest BCUT2D eigenvalue weighted by atomic mass is 32.1. The number of ether oxygens (including phenoxy) is 2. The Bertz CT molecular complexity index is 572. The lowest BCUT2D eigenvalue weighted by Crippen LogP contribution is -2.29. The predicted octanol–water partition coefficient (Wildman–Crippen LogP) is 2.24. The number of hydrogen-bond donors (Lipinski definition) is 1. The van der Waals surface area contributed by atoms with Crippen LogP contribution in [-0.2, 0) is 31.9 Å². The maximum Gasteiger partial charge on any atom is 0.348 e. The minimum Gasteiger partial charge on any atom is -0.469 e. The molecule has 1 aromatic rings. The second-order valence-electron chi connectivity index (χ2n) is 5.73. The van der Waals surface area contributed by atoms with Crippen LogP contribution >= 0.6 is 11.3 Å². The van der Waals surface area contributed by atoms with E-state index in [1.54, 1.807) is 0 Å². The normalized spacial score (nSPS) is 13.5. The third kappa shape index (κ3) is 5.63. The molecule has 1 aliphatic carbocycles. The summed E-state index contributed by atoms with van der Waals surface area (Å²) in [6.07, 6.45) is 6.33. The van der Waals surface area contributed by atoms with Gasteiger partial charge in [0.2, 0.25) is 0 Å². The quantitative estimate of drug-likeness (QED) is 0.462. The number of rotatable bonds is 7. The van der Waals surface area contributed by atoms with Crippen molar-refractivity contribution >= 4 is 29.2 Å². The van der Waals surface area contributed by atoms with E-state index in [1.165, 1.54) is 35.3 Å². The standard InChI is InChI=1S/C17H23NO5S/c1-22-16(20)8-5-9-18-15(19)11-23-17(21)14-10-12-6-3-2-4-7-13(12)24-14/h10H,2-9,11H2,1H3,(H,18,19). The van der Waals surface area contributed by atoms with Gasteiger partial charge in [-0.3, -0.25) is 9.59 Å². The molecular formula is C17H23NO5S. The van der Waals surface area contributed by atoms with Gasteiger partial charge in [0, 0.05) is 17.8 Å². The molecule has 24 heavy (non-hydrogen) atoms. The summed E-state index contributed by atoms with van der Waals surface area (Å²) in [5.74, 6) is -1.13. The first-order valence-electron chi connectivity index (χ1n) is 8.22. The molecule has 7 heteroatoms. The maximum atomic E-state index is 12.1. The Morgan fingerprint density at radius 2 is 2.00 bits per heavy atom. The lowest BCUT2D eigenvalue weighted by molar-refractivity contribution is -0.140. The molecule has 0 saturated carbocycles. The highest BCUT2D eigenvalue weighted by Crippen LogP contribution is 2.29. The Morgan fingerprint density at radius 3 is 2.79 bits per heavy atom. The van der Waals surface area contributed by atoms with Gasteiger partial charge >= 0.3 is 11.9 Å². The SMILES string of the molecule is COC(=O)CCCNC(=O)COC(=O)c1cc2c(s1)CCCCC2. The average molecular weight is 353 g/mol. The summed E-state index contributed by atoms with van der Waals surface area (Å²) in [5.41, 5.74) is 1.25. The molecule has 0 unspecified atom stereocenters. The zero-order valence-corrected chi connectivity index (χ0v) is 14.7. The van der Waals surface area contributed by atoms with Crippen molar-refractivity contribution < 1.29 is 23.9 Å². The van der Waals surface area contributed by atoms with Crippen LogP contribution in [0.5, 0.6) is 0 Å². The first-order valence-corrected chi connectivity index (χ1v) is 9.04. The third-order valence-corrected chi connectivity index (χ3v) is 5.11. The van der Waals surface area contributed by atoms with Crippen molar-refractivity contribution in [2.75, 3.05) is 20.3 Å². The van der Waals surface area contributed by atoms with Gasteiger partial charge in [0.15, 0.2) is 6.61 Å². The van der Waals surface area contributed by atoms with Gasteiger partial charge in [-0.2, -0.15) is 0 Å². The van der Waals surface area contributed by atoms with Crippen molar-refractivity contribution in [2.45, 2.75) is 44.9 Å². The van der Waals surface area contributed by atoms with E-state index in [-0.39, 0.29) is 24.9 Å². The first kappa shape index (κ1) is 18.4.